The van der Waals surface area contributed by atoms with Crippen molar-refractivity contribution in [3.63, 3.8) is 0 Å². The second kappa shape index (κ2) is 19.1. The Bertz CT molecular complexity index is 1480. The third-order valence-corrected chi connectivity index (χ3v) is 12.4. The first kappa shape index (κ1) is 41.4. The van der Waals surface area contributed by atoms with Gasteiger partial charge in [-0.2, -0.15) is 0 Å². The van der Waals surface area contributed by atoms with Gasteiger partial charge in [-0.15, -0.1) is 11.3 Å². The van der Waals surface area contributed by atoms with Gasteiger partial charge in [-0.05, 0) is 75.8 Å². The maximum absolute atomic E-state index is 14.3. The minimum absolute atomic E-state index is 0.0470. The number of fused-ring (bicyclic) bond motifs is 3. The first-order valence-corrected chi connectivity index (χ1v) is 20.1. The van der Waals surface area contributed by atoms with E-state index in [1.165, 1.54) is 11.3 Å². The molecule has 2 aromatic rings. The SMILES string of the molecule is CCO[C@H](C[C@H](C(C)C)N(C)C(=O)[C@@H](NC(=O)[C@H]1[C@H]2CC[C@H](CC2)N1C)[C@@H](C)CC)c1nc(C(=O)N[C@@H](Cc2ccccc2)C[C@H](C)C(=O)O)cs1. The lowest BCUT2D eigenvalue weighted by Gasteiger charge is -2.49. The van der Waals surface area contributed by atoms with Crippen LogP contribution in [0.5, 0.6) is 0 Å². The zero-order valence-electron chi connectivity index (χ0n) is 32.3. The van der Waals surface area contributed by atoms with Crippen LogP contribution in [0.3, 0.4) is 0 Å². The molecule has 2 aliphatic heterocycles. The quantitative estimate of drug-likeness (QED) is 0.161. The van der Waals surface area contributed by atoms with E-state index in [0.717, 1.165) is 37.7 Å². The fourth-order valence-corrected chi connectivity index (χ4v) is 8.90. The number of amides is 3. The molecule has 0 spiro atoms. The molecule has 12 heteroatoms. The number of thiazole rings is 1. The fourth-order valence-electron chi connectivity index (χ4n) is 8.04. The van der Waals surface area contributed by atoms with E-state index in [1.807, 2.05) is 65.2 Å². The van der Waals surface area contributed by atoms with E-state index in [2.05, 4.69) is 29.4 Å². The van der Waals surface area contributed by atoms with Gasteiger partial charge >= 0.3 is 5.97 Å². The van der Waals surface area contributed by atoms with Gasteiger partial charge in [0.25, 0.3) is 5.91 Å². The van der Waals surface area contributed by atoms with Crippen LogP contribution in [0.1, 0.15) is 114 Å². The molecule has 1 aliphatic carbocycles. The normalized spacial score (nSPS) is 22.2. The number of likely N-dealkylation sites (N-methyl/N-ethyl adjacent to an activating group) is 2. The van der Waals surface area contributed by atoms with Crippen molar-refractivity contribution in [1.82, 2.24) is 25.4 Å². The van der Waals surface area contributed by atoms with Crippen LogP contribution in [-0.2, 0) is 25.5 Å². The Balaban J connectivity index is 1.48. The molecule has 3 N–H and O–H groups in total. The second-order valence-electron chi connectivity index (χ2n) is 15.4. The molecule has 0 unspecified atom stereocenters. The lowest BCUT2D eigenvalue weighted by Crippen LogP contribution is -2.62. The van der Waals surface area contributed by atoms with E-state index >= 15 is 0 Å². The van der Waals surface area contributed by atoms with Crippen molar-refractivity contribution >= 4 is 35.0 Å². The van der Waals surface area contributed by atoms with Gasteiger partial charge < -0.3 is 25.4 Å². The molecule has 3 aliphatic rings. The molecule has 1 aromatic heterocycles. The summed E-state index contributed by atoms with van der Waals surface area (Å²) in [7, 11) is 3.86. The van der Waals surface area contributed by atoms with Crippen LogP contribution in [0.2, 0.25) is 0 Å². The zero-order valence-corrected chi connectivity index (χ0v) is 33.2. The predicted molar refractivity (Wildman–Crippen MR) is 204 cm³/mol. The van der Waals surface area contributed by atoms with Crippen LogP contribution in [-0.4, -0.2) is 94.5 Å². The summed E-state index contributed by atoms with van der Waals surface area (Å²) in [6.07, 6.45) is 5.89. The number of aliphatic carboxylic acids is 1. The number of nitrogens with zero attached hydrogens (tertiary/aromatic N) is 3. The Hall–Kier alpha value is -3.35. The number of piperidine rings is 2. The number of carbonyl (C=O) groups is 4. The molecule has 1 aromatic carbocycles. The van der Waals surface area contributed by atoms with Gasteiger partial charge in [0.2, 0.25) is 11.8 Å². The van der Waals surface area contributed by atoms with E-state index in [4.69, 9.17) is 9.72 Å². The zero-order chi connectivity index (χ0) is 38.1. The fraction of sp³-hybridized carbons (Fsp3) is 0.675. The van der Waals surface area contributed by atoms with Crippen LogP contribution < -0.4 is 10.6 Å². The Labute approximate surface area is 314 Å². The molecule has 2 bridgehead atoms. The molecule has 0 radical (unpaired) electrons. The van der Waals surface area contributed by atoms with Crippen molar-refractivity contribution in [3.05, 3.63) is 52.0 Å². The van der Waals surface area contributed by atoms with E-state index < -0.39 is 30.1 Å². The van der Waals surface area contributed by atoms with E-state index in [1.54, 1.807) is 17.2 Å². The number of aromatic nitrogens is 1. The monoisotopic (exact) mass is 739 g/mol. The second-order valence-corrected chi connectivity index (χ2v) is 16.3. The first-order chi connectivity index (χ1) is 24.7. The van der Waals surface area contributed by atoms with Crippen LogP contribution in [0, 0.1) is 23.7 Å². The number of rotatable bonds is 19. The van der Waals surface area contributed by atoms with Crippen LogP contribution >= 0.6 is 11.3 Å². The van der Waals surface area contributed by atoms with Crippen LogP contribution in [0.4, 0.5) is 0 Å². The smallest absolute Gasteiger partial charge is 0.306 e. The molecule has 2 saturated heterocycles. The van der Waals surface area contributed by atoms with Crippen molar-refractivity contribution < 1.29 is 29.0 Å². The van der Waals surface area contributed by atoms with Gasteiger partial charge in [-0.3, -0.25) is 24.1 Å². The average Bonchev–Trinajstić information content (AvgIpc) is 3.62. The maximum atomic E-state index is 14.3. The van der Waals surface area contributed by atoms with Gasteiger partial charge in [0, 0.05) is 43.6 Å². The number of hydrogen-bond donors (Lipinski definition) is 3. The molecular formula is C40H61N5O6S. The van der Waals surface area contributed by atoms with Crippen LogP contribution in [0.15, 0.2) is 35.7 Å². The van der Waals surface area contributed by atoms with E-state index in [0.29, 0.717) is 36.4 Å². The number of carboxylic acid groups (broad SMARTS) is 1. The summed E-state index contributed by atoms with van der Waals surface area (Å²) < 4.78 is 6.22. The topological polar surface area (TPSA) is 141 Å². The van der Waals surface area contributed by atoms with Crippen molar-refractivity contribution in [2.75, 3.05) is 20.7 Å². The van der Waals surface area contributed by atoms with Crippen molar-refractivity contribution in [2.24, 2.45) is 23.7 Å². The predicted octanol–water partition coefficient (Wildman–Crippen LogP) is 5.95. The van der Waals surface area contributed by atoms with E-state index in [-0.39, 0.29) is 53.8 Å². The Morgan fingerprint density at radius 2 is 1.69 bits per heavy atom. The summed E-state index contributed by atoms with van der Waals surface area (Å²) in [5.74, 6) is -1.72. The highest BCUT2D eigenvalue weighted by Crippen LogP contribution is 2.39. The molecular weight excluding hydrogens is 679 g/mol. The summed E-state index contributed by atoms with van der Waals surface area (Å²) in [4.78, 5) is 62.0. The number of ether oxygens (including phenoxy) is 1. The van der Waals surface area contributed by atoms with Gasteiger partial charge in [-0.1, -0.05) is 71.4 Å². The number of hydrogen-bond acceptors (Lipinski definition) is 8. The molecule has 11 nitrogen and oxygen atoms in total. The third-order valence-electron chi connectivity index (χ3n) is 11.4. The summed E-state index contributed by atoms with van der Waals surface area (Å²) in [5, 5.41) is 18.1. The molecule has 3 fully saturated rings. The highest BCUT2D eigenvalue weighted by atomic mass is 32.1. The number of carbonyl (C=O) groups excluding carboxylic acids is 3. The summed E-state index contributed by atoms with van der Waals surface area (Å²) in [5.41, 5.74) is 1.25. The first-order valence-electron chi connectivity index (χ1n) is 19.2. The molecule has 288 valence electrons. The average molecular weight is 740 g/mol. The number of benzene rings is 1. The van der Waals surface area contributed by atoms with Gasteiger partial charge in [0.05, 0.1) is 12.0 Å². The standard InChI is InChI=1S/C40H61N5O6S/c1-9-25(5)34(43-37(47)35-28-16-18-30(19-17-28)44(35)7)39(48)45(8)32(24(3)4)22-33(51-10-2)38-42-31(23-52-38)36(46)41-29(20-26(6)40(49)50)21-27-14-12-11-13-15-27/h11-15,23-26,28-30,32-35H,9-10,16-22H2,1-8H3,(H,41,46)(H,43,47)(H,49,50)/t25-,26-,28-,29+,30+,32+,33+,34-,35+/m0/s1. The van der Waals surface area contributed by atoms with Gasteiger partial charge in [0.15, 0.2) is 0 Å². The maximum Gasteiger partial charge on any atom is 0.306 e. The highest BCUT2D eigenvalue weighted by molar-refractivity contribution is 7.09. The Kier molecular flexibility index (Phi) is 15.2. The largest absolute Gasteiger partial charge is 0.481 e. The molecule has 52 heavy (non-hydrogen) atoms. The Morgan fingerprint density at radius 1 is 1.02 bits per heavy atom. The van der Waals surface area contributed by atoms with E-state index in [9.17, 15) is 24.3 Å². The number of nitrogens with one attached hydrogen (secondary N) is 2. The highest BCUT2D eigenvalue weighted by Gasteiger charge is 2.45. The third kappa shape index (κ3) is 10.4. The lowest BCUT2D eigenvalue weighted by molar-refractivity contribution is -0.143. The molecule has 3 amide bonds. The molecule has 7 atom stereocenters. The van der Waals surface area contributed by atoms with Crippen LogP contribution in [0.25, 0.3) is 0 Å². The van der Waals surface area contributed by atoms with Gasteiger partial charge in [0.1, 0.15) is 22.8 Å². The number of carboxylic acids is 1. The molecule has 5 rings (SSSR count). The minimum atomic E-state index is -0.910. The van der Waals surface area contributed by atoms with Crippen molar-refractivity contribution in [2.45, 2.75) is 129 Å². The van der Waals surface area contributed by atoms with Crippen molar-refractivity contribution in [3.8, 4) is 0 Å². The van der Waals surface area contributed by atoms with Gasteiger partial charge in [-0.25, -0.2) is 4.98 Å². The summed E-state index contributed by atoms with van der Waals surface area (Å²) in [6, 6.07) is 8.64. The summed E-state index contributed by atoms with van der Waals surface area (Å²) >= 11 is 1.34. The van der Waals surface area contributed by atoms with Crippen molar-refractivity contribution in [1.29, 1.82) is 0 Å². The Morgan fingerprint density at radius 3 is 2.27 bits per heavy atom. The molecule has 3 heterocycles. The minimum Gasteiger partial charge on any atom is -0.481 e. The molecule has 1 saturated carbocycles. The lowest BCUT2D eigenvalue weighted by atomic mass is 9.74. The summed E-state index contributed by atoms with van der Waals surface area (Å²) in [6.45, 7) is 12.2.